The van der Waals surface area contributed by atoms with Crippen molar-refractivity contribution in [2.24, 2.45) is 5.73 Å². The minimum atomic E-state index is -2.83. The van der Waals surface area contributed by atoms with Crippen LogP contribution >= 0.6 is 0 Å². The van der Waals surface area contributed by atoms with Crippen molar-refractivity contribution in [3.05, 3.63) is 29.8 Å². The van der Waals surface area contributed by atoms with E-state index in [2.05, 4.69) is 4.90 Å². The zero-order valence-electron chi connectivity index (χ0n) is 9.80. The first-order valence-corrected chi connectivity index (χ1v) is 7.67. The fourth-order valence-corrected chi connectivity index (χ4v) is 3.31. The fourth-order valence-electron chi connectivity index (χ4n) is 2.04. The summed E-state index contributed by atoms with van der Waals surface area (Å²) in [5, 5.41) is 0. The van der Waals surface area contributed by atoms with Crippen LogP contribution in [0.2, 0.25) is 0 Å². The van der Waals surface area contributed by atoms with Crippen molar-refractivity contribution in [2.45, 2.75) is 13.0 Å². The molecular weight excluding hydrogens is 236 g/mol. The Balaban J connectivity index is 2.11. The van der Waals surface area contributed by atoms with E-state index in [0.29, 0.717) is 25.3 Å². The third-order valence-corrected chi connectivity index (χ3v) is 4.81. The van der Waals surface area contributed by atoms with Crippen LogP contribution in [0.15, 0.2) is 24.3 Å². The van der Waals surface area contributed by atoms with Crippen molar-refractivity contribution in [2.75, 3.05) is 29.5 Å². The molecule has 0 amide bonds. The lowest BCUT2D eigenvalue weighted by Gasteiger charge is -2.22. The third kappa shape index (κ3) is 3.20. The Morgan fingerprint density at radius 1 is 1.12 bits per heavy atom. The van der Waals surface area contributed by atoms with E-state index in [1.165, 1.54) is 0 Å². The standard InChI is InChI=1S/C12H18N2O2S/c13-10-11-2-4-12(5-3-11)14-6-1-8-17(15,16)9-7-14/h2-5H,1,6-10,13H2. The van der Waals surface area contributed by atoms with Gasteiger partial charge >= 0.3 is 0 Å². The Kier molecular flexibility index (Phi) is 3.69. The second-order valence-corrected chi connectivity index (χ2v) is 6.67. The Morgan fingerprint density at radius 3 is 2.47 bits per heavy atom. The number of rotatable bonds is 2. The number of nitrogens with zero attached hydrogens (tertiary/aromatic N) is 1. The first-order chi connectivity index (χ1) is 8.11. The van der Waals surface area contributed by atoms with Crippen LogP contribution in [0.4, 0.5) is 5.69 Å². The quantitative estimate of drug-likeness (QED) is 0.846. The summed E-state index contributed by atoms with van der Waals surface area (Å²) in [4.78, 5) is 2.13. The molecule has 4 nitrogen and oxygen atoms in total. The van der Waals surface area contributed by atoms with Crippen LogP contribution in [0.5, 0.6) is 0 Å². The molecule has 0 unspecified atom stereocenters. The van der Waals surface area contributed by atoms with Gasteiger partial charge in [0, 0.05) is 25.3 Å². The number of benzene rings is 1. The second kappa shape index (κ2) is 5.06. The van der Waals surface area contributed by atoms with Crippen LogP contribution in [0.1, 0.15) is 12.0 Å². The number of hydrogen-bond donors (Lipinski definition) is 1. The molecule has 1 aromatic carbocycles. The van der Waals surface area contributed by atoms with E-state index in [1.807, 2.05) is 24.3 Å². The molecular formula is C12H18N2O2S. The van der Waals surface area contributed by atoms with Crippen LogP contribution in [0.3, 0.4) is 0 Å². The average molecular weight is 254 g/mol. The lowest BCUT2D eigenvalue weighted by atomic mass is 10.2. The zero-order chi connectivity index (χ0) is 12.3. The molecule has 0 bridgehead atoms. The van der Waals surface area contributed by atoms with Gasteiger partial charge in [-0.2, -0.15) is 0 Å². The number of nitrogens with two attached hydrogens (primary N) is 1. The largest absolute Gasteiger partial charge is 0.370 e. The van der Waals surface area contributed by atoms with E-state index in [4.69, 9.17) is 5.73 Å². The Morgan fingerprint density at radius 2 is 1.82 bits per heavy atom. The first-order valence-electron chi connectivity index (χ1n) is 5.85. The third-order valence-electron chi connectivity index (χ3n) is 3.09. The molecule has 0 spiro atoms. The van der Waals surface area contributed by atoms with Crippen LogP contribution in [0, 0.1) is 0 Å². The maximum absolute atomic E-state index is 11.5. The lowest BCUT2D eigenvalue weighted by molar-refractivity contribution is 0.597. The summed E-state index contributed by atoms with van der Waals surface area (Å²) in [6.45, 7) is 1.93. The van der Waals surface area contributed by atoms with Gasteiger partial charge in [-0.15, -0.1) is 0 Å². The van der Waals surface area contributed by atoms with E-state index in [0.717, 1.165) is 17.8 Å². The zero-order valence-corrected chi connectivity index (χ0v) is 10.6. The van der Waals surface area contributed by atoms with Gasteiger partial charge in [0.2, 0.25) is 0 Å². The normalized spacial score (nSPS) is 19.9. The summed E-state index contributed by atoms with van der Waals surface area (Å²) >= 11 is 0. The van der Waals surface area contributed by atoms with Crippen molar-refractivity contribution >= 4 is 15.5 Å². The predicted molar refractivity (Wildman–Crippen MR) is 69.8 cm³/mol. The highest BCUT2D eigenvalue weighted by Gasteiger charge is 2.19. The predicted octanol–water partition coefficient (Wildman–Crippen LogP) is 0.770. The minimum absolute atomic E-state index is 0.256. The number of anilines is 1. The second-order valence-electron chi connectivity index (χ2n) is 4.36. The van der Waals surface area contributed by atoms with Gasteiger partial charge in [0.25, 0.3) is 0 Å². The monoisotopic (exact) mass is 254 g/mol. The average Bonchev–Trinajstić information content (AvgIpc) is 2.50. The molecule has 94 valence electrons. The summed E-state index contributed by atoms with van der Waals surface area (Å²) in [5.41, 5.74) is 7.72. The molecule has 0 aliphatic carbocycles. The highest BCUT2D eigenvalue weighted by Crippen LogP contribution is 2.17. The van der Waals surface area contributed by atoms with Gasteiger partial charge in [-0.1, -0.05) is 12.1 Å². The van der Waals surface area contributed by atoms with Crippen molar-refractivity contribution < 1.29 is 8.42 Å². The van der Waals surface area contributed by atoms with Gasteiger partial charge < -0.3 is 10.6 Å². The molecule has 0 aromatic heterocycles. The van der Waals surface area contributed by atoms with E-state index in [9.17, 15) is 8.42 Å². The molecule has 1 aliphatic rings. The van der Waals surface area contributed by atoms with Crippen molar-refractivity contribution in [1.82, 2.24) is 0 Å². The summed E-state index contributed by atoms with van der Waals surface area (Å²) in [7, 11) is -2.83. The topological polar surface area (TPSA) is 63.4 Å². The van der Waals surface area contributed by atoms with Gasteiger partial charge in [-0.25, -0.2) is 8.42 Å². The smallest absolute Gasteiger partial charge is 0.152 e. The number of sulfone groups is 1. The SMILES string of the molecule is NCc1ccc(N2CCCS(=O)(=O)CC2)cc1. The van der Waals surface area contributed by atoms with E-state index in [-0.39, 0.29) is 5.75 Å². The Labute approximate surface area is 102 Å². The number of hydrogen-bond acceptors (Lipinski definition) is 4. The minimum Gasteiger partial charge on any atom is -0.370 e. The molecule has 17 heavy (non-hydrogen) atoms. The van der Waals surface area contributed by atoms with Crippen LogP contribution in [-0.2, 0) is 16.4 Å². The summed E-state index contributed by atoms with van der Waals surface area (Å²) < 4.78 is 23.0. The Bertz CT molecular complexity index is 468. The van der Waals surface area contributed by atoms with E-state index >= 15 is 0 Å². The molecule has 2 rings (SSSR count). The van der Waals surface area contributed by atoms with Crippen LogP contribution in [0.25, 0.3) is 0 Å². The van der Waals surface area contributed by atoms with Crippen LogP contribution < -0.4 is 10.6 Å². The molecule has 1 aromatic rings. The highest BCUT2D eigenvalue weighted by atomic mass is 32.2. The first kappa shape index (κ1) is 12.4. The van der Waals surface area contributed by atoms with Gasteiger partial charge in [0.05, 0.1) is 11.5 Å². The molecule has 1 heterocycles. The molecule has 0 saturated carbocycles. The Hall–Kier alpha value is -1.07. The van der Waals surface area contributed by atoms with E-state index < -0.39 is 9.84 Å². The lowest BCUT2D eigenvalue weighted by Crippen LogP contribution is -2.26. The van der Waals surface area contributed by atoms with Gasteiger partial charge in [-0.05, 0) is 24.1 Å². The van der Waals surface area contributed by atoms with Gasteiger partial charge in [0.1, 0.15) is 0 Å². The molecule has 0 radical (unpaired) electrons. The van der Waals surface area contributed by atoms with E-state index in [1.54, 1.807) is 0 Å². The van der Waals surface area contributed by atoms with Gasteiger partial charge in [-0.3, -0.25) is 0 Å². The van der Waals surface area contributed by atoms with Crippen molar-refractivity contribution in [3.8, 4) is 0 Å². The molecule has 5 heteroatoms. The van der Waals surface area contributed by atoms with Gasteiger partial charge in [0.15, 0.2) is 9.84 Å². The molecule has 1 fully saturated rings. The summed E-state index contributed by atoms with van der Waals surface area (Å²) in [6.07, 6.45) is 0.709. The molecule has 1 aliphatic heterocycles. The molecule has 1 saturated heterocycles. The van der Waals surface area contributed by atoms with Crippen molar-refractivity contribution in [3.63, 3.8) is 0 Å². The van der Waals surface area contributed by atoms with Crippen molar-refractivity contribution in [1.29, 1.82) is 0 Å². The highest BCUT2D eigenvalue weighted by molar-refractivity contribution is 7.91. The maximum Gasteiger partial charge on any atom is 0.152 e. The summed E-state index contributed by atoms with van der Waals surface area (Å²) in [6, 6.07) is 8.02. The maximum atomic E-state index is 11.5. The van der Waals surface area contributed by atoms with Crippen LogP contribution in [-0.4, -0.2) is 33.0 Å². The summed E-state index contributed by atoms with van der Waals surface area (Å²) in [5.74, 6) is 0.565. The molecule has 0 atom stereocenters. The fraction of sp³-hybridized carbons (Fsp3) is 0.500. The molecule has 2 N–H and O–H groups in total.